The monoisotopic (exact) mass is 255 g/mol. The van der Waals surface area contributed by atoms with Crippen LogP contribution in [0.3, 0.4) is 0 Å². The number of unbranched alkanes of at least 4 members (excludes halogenated alkanes) is 1. The maximum absolute atomic E-state index is 3.56. The first kappa shape index (κ1) is 15.9. The highest BCUT2D eigenvalue weighted by atomic mass is 15.3. The molecular weight excluding hydrogens is 222 g/mol. The average Bonchev–Trinajstić information content (AvgIpc) is 2.23. The zero-order valence-electron chi connectivity index (χ0n) is 13.3. The molecule has 0 radical (unpaired) electrons. The average molecular weight is 255 g/mol. The fraction of sp³-hybridized carbons (Fsp3) is 1.00. The lowest BCUT2D eigenvalue weighted by molar-refractivity contribution is 0.0591. The molecule has 0 aliphatic carbocycles. The first-order valence-corrected chi connectivity index (χ1v) is 7.49. The number of rotatable bonds is 5. The third-order valence-electron chi connectivity index (χ3n) is 3.99. The summed E-state index contributed by atoms with van der Waals surface area (Å²) in [6.07, 6.45) is 2.60. The highest BCUT2D eigenvalue weighted by molar-refractivity contribution is 4.82. The van der Waals surface area contributed by atoms with Crippen LogP contribution in [0.5, 0.6) is 0 Å². The molecule has 0 aromatic heterocycles. The molecule has 0 aromatic rings. The van der Waals surface area contributed by atoms with Crippen LogP contribution in [-0.4, -0.2) is 60.6 Å². The minimum Gasteiger partial charge on any atom is -0.312 e. The van der Waals surface area contributed by atoms with Gasteiger partial charge in [0.05, 0.1) is 0 Å². The second-order valence-corrected chi connectivity index (χ2v) is 7.01. The number of piperazine rings is 1. The minimum absolute atomic E-state index is 0.261. The molecule has 3 nitrogen and oxygen atoms in total. The summed E-state index contributed by atoms with van der Waals surface area (Å²) in [7, 11) is 2.25. The van der Waals surface area contributed by atoms with Crippen molar-refractivity contribution in [3.05, 3.63) is 0 Å². The Bertz CT molecular complexity index is 222. The van der Waals surface area contributed by atoms with Gasteiger partial charge in [-0.2, -0.15) is 0 Å². The van der Waals surface area contributed by atoms with Crippen LogP contribution in [0.15, 0.2) is 0 Å². The van der Waals surface area contributed by atoms with Crippen LogP contribution in [0.4, 0.5) is 0 Å². The van der Waals surface area contributed by atoms with Crippen LogP contribution in [0, 0.1) is 0 Å². The Morgan fingerprint density at radius 2 is 1.61 bits per heavy atom. The van der Waals surface area contributed by atoms with E-state index in [1.54, 1.807) is 0 Å². The lowest BCUT2D eigenvalue weighted by atomic mass is 10.1. The van der Waals surface area contributed by atoms with Gasteiger partial charge < -0.3 is 10.2 Å². The molecule has 1 N–H and O–H groups in total. The van der Waals surface area contributed by atoms with E-state index in [1.165, 1.54) is 32.5 Å². The second-order valence-electron chi connectivity index (χ2n) is 7.01. The summed E-state index contributed by atoms with van der Waals surface area (Å²) in [5.41, 5.74) is 0.261. The van der Waals surface area contributed by atoms with Gasteiger partial charge in [-0.05, 0) is 67.6 Å². The van der Waals surface area contributed by atoms with Crippen molar-refractivity contribution in [1.82, 2.24) is 15.1 Å². The summed E-state index contributed by atoms with van der Waals surface area (Å²) < 4.78 is 0. The Labute approximate surface area is 114 Å². The minimum atomic E-state index is 0.261. The molecule has 0 amide bonds. The third-order valence-corrected chi connectivity index (χ3v) is 3.99. The van der Waals surface area contributed by atoms with Crippen molar-refractivity contribution in [3.63, 3.8) is 0 Å². The van der Waals surface area contributed by atoms with Crippen LogP contribution < -0.4 is 5.32 Å². The van der Waals surface area contributed by atoms with E-state index in [9.17, 15) is 0 Å². The van der Waals surface area contributed by atoms with E-state index >= 15 is 0 Å². The molecule has 108 valence electrons. The van der Waals surface area contributed by atoms with Gasteiger partial charge in [-0.15, -0.1) is 0 Å². The van der Waals surface area contributed by atoms with Gasteiger partial charge in [0.2, 0.25) is 0 Å². The number of nitrogens with one attached hydrogen (secondary N) is 1. The summed E-state index contributed by atoms with van der Waals surface area (Å²) in [5.74, 6) is 0. The number of hydrogen-bond donors (Lipinski definition) is 1. The first-order valence-electron chi connectivity index (χ1n) is 7.49. The normalized spacial score (nSPS) is 27.7. The zero-order chi connectivity index (χ0) is 13.8. The molecule has 0 saturated carbocycles. The van der Waals surface area contributed by atoms with Crippen molar-refractivity contribution in [1.29, 1.82) is 0 Å². The molecule has 2 unspecified atom stereocenters. The Morgan fingerprint density at radius 1 is 1.06 bits per heavy atom. The van der Waals surface area contributed by atoms with Crippen molar-refractivity contribution in [2.45, 2.75) is 65.1 Å². The van der Waals surface area contributed by atoms with E-state index in [0.29, 0.717) is 12.1 Å². The summed E-state index contributed by atoms with van der Waals surface area (Å²) in [6, 6.07) is 1.39. The van der Waals surface area contributed by atoms with Crippen molar-refractivity contribution >= 4 is 0 Å². The number of likely N-dealkylation sites (N-methyl/N-ethyl adjacent to an activating group) is 1. The predicted octanol–water partition coefficient (Wildman–Crippen LogP) is 2.18. The lowest BCUT2D eigenvalue weighted by Gasteiger charge is -2.42. The van der Waals surface area contributed by atoms with E-state index in [4.69, 9.17) is 0 Å². The molecule has 0 aromatic carbocycles. The van der Waals surface area contributed by atoms with Crippen LogP contribution in [0.1, 0.15) is 47.5 Å². The van der Waals surface area contributed by atoms with Crippen LogP contribution in [0.25, 0.3) is 0 Å². The molecule has 1 saturated heterocycles. The van der Waals surface area contributed by atoms with E-state index in [0.717, 1.165) is 6.54 Å². The van der Waals surface area contributed by atoms with Gasteiger partial charge in [0, 0.05) is 30.7 Å². The molecule has 1 aliphatic heterocycles. The summed E-state index contributed by atoms with van der Waals surface area (Å²) in [4.78, 5) is 5.13. The quantitative estimate of drug-likeness (QED) is 0.760. The molecule has 18 heavy (non-hydrogen) atoms. The molecule has 0 bridgehead atoms. The van der Waals surface area contributed by atoms with Crippen molar-refractivity contribution in [2.75, 3.05) is 33.2 Å². The van der Waals surface area contributed by atoms with Crippen LogP contribution in [0.2, 0.25) is 0 Å². The van der Waals surface area contributed by atoms with Crippen LogP contribution in [-0.2, 0) is 0 Å². The highest BCUT2D eigenvalue weighted by Crippen LogP contribution is 2.13. The van der Waals surface area contributed by atoms with Gasteiger partial charge in [-0.1, -0.05) is 0 Å². The van der Waals surface area contributed by atoms with Crippen LogP contribution >= 0.6 is 0 Å². The topological polar surface area (TPSA) is 18.5 Å². The van der Waals surface area contributed by atoms with Gasteiger partial charge in [0.15, 0.2) is 0 Å². The molecule has 1 aliphatic rings. The largest absolute Gasteiger partial charge is 0.312 e. The fourth-order valence-electron chi connectivity index (χ4n) is 2.62. The maximum atomic E-state index is 3.56. The Balaban J connectivity index is 2.13. The smallest absolute Gasteiger partial charge is 0.0195 e. The third kappa shape index (κ3) is 5.68. The SMILES string of the molecule is CC1CN(CCCCNC(C)(C)C)CC(C)N1C. The molecule has 1 heterocycles. The molecule has 1 fully saturated rings. The lowest BCUT2D eigenvalue weighted by Crippen LogP contribution is -2.54. The molecular formula is C15H33N3. The van der Waals surface area contributed by atoms with Gasteiger partial charge >= 0.3 is 0 Å². The van der Waals surface area contributed by atoms with E-state index < -0.39 is 0 Å². The van der Waals surface area contributed by atoms with E-state index in [-0.39, 0.29) is 5.54 Å². The van der Waals surface area contributed by atoms with Gasteiger partial charge in [0.1, 0.15) is 0 Å². The molecule has 3 heteroatoms. The Morgan fingerprint density at radius 3 is 2.11 bits per heavy atom. The van der Waals surface area contributed by atoms with Gasteiger partial charge in [-0.25, -0.2) is 0 Å². The maximum Gasteiger partial charge on any atom is 0.0195 e. The van der Waals surface area contributed by atoms with E-state index in [2.05, 4.69) is 56.8 Å². The van der Waals surface area contributed by atoms with Crippen molar-refractivity contribution < 1.29 is 0 Å². The molecule has 0 spiro atoms. The zero-order valence-corrected chi connectivity index (χ0v) is 13.3. The Hall–Kier alpha value is -0.120. The predicted molar refractivity (Wildman–Crippen MR) is 80.1 cm³/mol. The van der Waals surface area contributed by atoms with Gasteiger partial charge in [-0.3, -0.25) is 4.90 Å². The summed E-state index contributed by atoms with van der Waals surface area (Å²) >= 11 is 0. The second kappa shape index (κ2) is 6.88. The standard InChI is InChI=1S/C15H33N3/c1-13-11-18(12-14(2)17(13)6)10-8-7-9-16-15(3,4)5/h13-14,16H,7-12H2,1-6H3. The summed E-state index contributed by atoms with van der Waals surface area (Å²) in [6.45, 7) is 16.2. The molecule has 2 atom stereocenters. The van der Waals surface area contributed by atoms with Crippen molar-refractivity contribution in [2.24, 2.45) is 0 Å². The Kier molecular flexibility index (Phi) is 6.09. The van der Waals surface area contributed by atoms with Gasteiger partial charge in [0.25, 0.3) is 0 Å². The summed E-state index contributed by atoms with van der Waals surface area (Å²) in [5, 5.41) is 3.56. The first-order chi connectivity index (χ1) is 8.29. The fourth-order valence-corrected chi connectivity index (χ4v) is 2.62. The van der Waals surface area contributed by atoms with E-state index in [1.807, 2.05) is 0 Å². The molecule has 1 rings (SSSR count). The highest BCUT2D eigenvalue weighted by Gasteiger charge is 2.25. The number of hydrogen-bond acceptors (Lipinski definition) is 3. The number of nitrogens with zero attached hydrogens (tertiary/aromatic N) is 2. The van der Waals surface area contributed by atoms with Crippen molar-refractivity contribution in [3.8, 4) is 0 Å².